The van der Waals surface area contributed by atoms with E-state index in [0.29, 0.717) is 10.00 Å². The van der Waals surface area contributed by atoms with Crippen molar-refractivity contribution in [2.45, 2.75) is 32.8 Å². The zero-order valence-electron chi connectivity index (χ0n) is 13.6. The van der Waals surface area contributed by atoms with Crippen molar-refractivity contribution in [1.29, 1.82) is 0 Å². The number of pyridine rings is 1. The van der Waals surface area contributed by atoms with Gasteiger partial charge in [-0.2, -0.15) is 12.7 Å². The van der Waals surface area contributed by atoms with Gasteiger partial charge in [0.25, 0.3) is 0 Å². The number of hydrogen-bond acceptors (Lipinski definition) is 7. The first kappa shape index (κ1) is 18.0. The van der Waals surface area contributed by atoms with Crippen LogP contribution in [0.15, 0.2) is 18.2 Å². The molecule has 0 radical (unpaired) electrons. The second-order valence-corrected chi connectivity index (χ2v) is 7.67. The van der Waals surface area contributed by atoms with Crippen LogP contribution in [0.25, 0.3) is 0 Å². The Morgan fingerprint density at radius 1 is 1.42 bits per heavy atom. The van der Waals surface area contributed by atoms with E-state index in [-0.39, 0.29) is 25.4 Å². The Hall–Kier alpha value is -2.36. The first-order valence-electron chi connectivity index (χ1n) is 7.22. The third kappa shape index (κ3) is 4.82. The van der Waals surface area contributed by atoms with Gasteiger partial charge in [0.2, 0.25) is 0 Å². The summed E-state index contributed by atoms with van der Waals surface area (Å²) in [5.41, 5.74) is -0.277. The van der Waals surface area contributed by atoms with Crippen molar-refractivity contribution in [1.82, 2.24) is 9.29 Å². The molecule has 9 nitrogen and oxygen atoms in total. The van der Waals surface area contributed by atoms with Crippen molar-refractivity contribution in [3.8, 4) is 0 Å². The van der Waals surface area contributed by atoms with Gasteiger partial charge in [0.15, 0.2) is 0 Å². The Balaban J connectivity index is 2.07. The number of amides is 1. The number of cyclic esters (lactones) is 1. The number of anilines is 1. The molecule has 0 unspecified atom stereocenters. The molecule has 1 fully saturated rings. The van der Waals surface area contributed by atoms with E-state index in [1.807, 2.05) is 0 Å². The second kappa shape index (κ2) is 6.63. The quantitative estimate of drug-likeness (QED) is 0.784. The Bertz CT molecular complexity index is 741. The zero-order valence-corrected chi connectivity index (χ0v) is 14.4. The molecule has 0 aliphatic carbocycles. The lowest BCUT2D eigenvalue weighted by Gasteiger charge is -2.19. The average Bonchev–Trinajstić information content (AvgIpc) is 2.83. The number of nitrogens with one attached hydrogen (secondary N) is 1. The Morgan fingerprint density at radius 2 is 2.12 bits per heavy atom. The van der Waals surface area contributed by atoms with Gasteiger partial charge in [-0.1, -0.05) is 6.07 Å². The second-order valence-electron chi connectivity index (χ2n) is 6.07. The summed E-state index contributed by atoms with van der Waals surface area (Å²) in [6.45, 7) is 5.19. The molecular formula is C14H19N3O6S. The minimum Gasteiger partial charge on any atom is -0.460 e. The fraction of sp³-hybridized carbons (Fsp3) is 0.500. The van der Waals surface area contributed by atoms with Crippen LogP contribution in [0.1, 0.15) is 26.5 Å². The fourth-order valence-corrected chi connectivity index (χ4v) is 3.00. The highest BCUT2D eigenvalue weighted by atomic mass is 32.2. The molecule has 1 aliphatic rings. The number of aromatic nitrogens is 1. The van der Waals surface area contributed by atoms with Crippen LogP contribution >= 0.6 is 0 Å². The van der Waals surface area contributed by atoms with Gasteiger partial charge in [0, 0.05) is 0 Å². The van der Waals surface area contributed by atoms with Gasteiger partial charge < -0.3 is 9.47 Å². The molecule has 2 heterocycles. The molecule has 10 heteroatoms. The van der Waals surface area contributed by atoms with Gasteiger partial charge in [-0.05, 0) is 32.9 Å². The molecule has 0 saturated carbocycles. The molecule has 0 spiro atoms. The minimum absolute atomic E-state index is 0.00393. The fourth-order valence-electron chi connectivity index (χ4n) is 1.95. The van der Waals surface area contributed by atoms with Crippen LogP contribution in [-0.2, 0) is 30.9 Å². The lowest BCUT2D eigenvalue weighted by molar-refractivity contribution is -0.153. The zero-order chi connectivity index (χ0) is 18.0. The van der Waals surface area contributed by atoms with E-state index in [1.54, 1.807) is 32.9 Å². The molecule has 1 aromatic heterocycles. The Kier molecular flexibility index (Phi) is 4.97. The summed E-state index contributed by atoms with van der Waals surface area (Å²) < 4.78 is 36.8. The van der Waals surface area contributed by atoms with Gasteiger partial charge in [0.05, 0.1) is 18.7 Å². The maximum atomic E-state index is 12.1. The molecule has 2 rings (SSSR count). The predicted molar refractivity (Wildman–Crippen MR) is 84.4 cm³/mol. The van der Waals surface area contributed by atoms with E-state index < -0.39 is 27.9 Å². The number of nitrogens with zero attached hydrogens (tertiary/aromatic N) is 2. The number of carbonyl (C=O) groups is 2. The van der Waals surface area contributed by atoms with E-state index in [9.17, 15) is 18.0 Å². The SMILES string of the molecule is CC(C)(C)OC(=O)Cc1cccc(NS(=O)(=O)N2CCOC2=O)n1. The van der Waals surface area contributed by atoms with Gasteiger partial charge >= 0.3 is 22.3 Å². The summed E-state index contributed by atoms with van der Waals surface area (Å²) >= 11 is 0. The number of ether oxygens (including phenoxy) is 2. The van der Waals surface area contributed by atoms with Gasteiger partial charge in [0.1, 0.15) is 18.0 Å². The summed E-state index contributed by atoms with van der Waals surface area (Å²) in [7, 11) is -4.11. The molecule has 1 N–H and O–H groups in total. The molecule has 1 amide bonds. The lowest BCUT2D eigenvalue weighted by atomic mass is 10.2. The van der Waals surface area contributed by atoms with Crippen LogP contribution in [0.2, 0.25) is 0 Å². The first-order chi connectivity index (χ1) is 11.1. The third-order valence-electron chi connectivity index (χ3n) is 2.80. The summed E-state index contributed by atoms with van der Waals surface area (Å²) in [6.07, 6.45) is -1.04. The summed E-state index contributed by atoms with van der Waals surface area (Å²) in [6, 6.07) is 4.54. The molecule has 0 bridgehead atoms. The summed E-state index contributed by atoms with van der Waals surface area (Å²) in [5, 5.41) is 0. The van der Waals surface area contributed by atoms with E-state index in [0.717, 1.165) is 0 Å². The van der Waals surface area contributed by atoms with Crippen LogP contribution in [0.4, 0.5) is 10.6 Å². The average molecular weight is 357 g/mol. The lowest BCUT2D eigenvalue weighted by Crippen LogP contribution is -2.36. The van der Waals surface area contributed by atoms with Crippen molar-refractivity contribution in [3.05, 3.63) is 23.9 Å². The normalized spacial score (nSPS) is 15.1. The number of rotatable bonds is 5. The van der Waals surface area contributed by atoms with Gasteiger partial charge in [-0.25, -0.2) is 14.5 Å². The van der Waals surface area contributed by atoms with Crippen LogP contribution in [0.5, 0.6) is 0 Å². The molecule has 0 atom stereocenters. The molecule has 1 saturated heterocycles. The molecule has 1 aliphatic heterocycles. The summed E-state index contributed by atoms with van der Waals surface area (Å²) in [5.74, 6) is -0.478. The molecule has 0 aromatic carbocycles. The van der Waals surface area contributed by atoms with E-state index in [1.165, 1.54) is 6.07 Å². The maximum absolute atomic E-state index is 12.1. The third-order valence-corrected chi connectivity index (χ3v) is 4.18. The van der Waals surface area contributed by atoms with E-state index in [2.05, 4.69) is 14.4 Å². The molecule has 1 aromatic rings. The Labute approximate surface area is 140 Å². The van der Waals surface area contributed by atoms with Gasteiger partial charge in [-0.3, -0.25) is 4.79 Å². The van der Waals surface area contributed by atoms with Crippen LogP contribution in [0.3, 0.4) is 0 Å². The molecular weight excluding hydrogens is 338 g/mol. The largest absolute Gasteiger partial charge is 0.460 e. The molecule has 24 heavy (non-hydrogen) atoms. The number of esters is 1. The number of hydrogen-bond donors (Lipinski definition) is 1. The van der Waals surface area contributed by atoms with Crippen molar-refractivity contribution < 1.29 is 27.5 Å². The minimum atomic E-state index is -4.11. The smallest absolute Gasteiger partial charge is 0.425 e. The van der Waals surface area contributed by atoms with Crippen LogP contribution < -0.4 is 4.72 Å². The van der Waals surface area contributed by atoms with Crippen LogP contribution in [0, 0.1) is 0 Å². The highest BCUT2D eigenvalue weighted by Crippen LogP contribution is 2.15. The first-order valence-corrected chi connectivity index (χ1v) is 8.66. The van der Waals surface area contributed by atoms with Gasteiger partial charge in [-0.15, -0.1) is 0 Å². The standard InChI is InChI=1S/C14H19N3O6S/c1-14(2,3)23-12(18)9-10-5-4-6-11(15-10)16-24(20,21)17-7-8-22-13(17)19/h4-6H,7-9H2,1-3H3,(H,15,16). The number of carbonyl (C=O) groups excluding carboxylic acids is 2. The van der Waals surface area contributed by atoms with Crippen molar-refractivity contribution in [3.63, 3.8) is 0 Å². The monoisotopic (exact) mass is 357 g/mol. The highest BCUT2D eigenvalue weighted by molar-refractivity contribution is 7.90. The molecule has 132 valence electrons. The van der Waals surface area contributed by atoms with E-state index in [4.69, 9.17) is 4.74 Å². The van der Waals surface area contributed by atoms with Crippen molar-refractivity contribution >= 4 is 28.1 Å². The predicted octanol–water partition coefficient (Wildman–Crippen LogP) is 1.07. The summed E-state index contributed by atoms with van der Waals surface area (Å²) in [4.78, 5) is 27.2. The highest BCUT2D eigenvalue weighted by Gasteiger charge is 2.33. The van der Waals surface area contributed by atoms with Crippen LogP contribution in [-0.4, -0.2) is 48.5 Å². The van der Waals surface area contributed by atoms with Crippen molar-refractivity contribution in [2.24, 2.45) is 0 Å². The van der Waals surface area contributed by atoms with E-state index >= 15 is 0 Å². The van der Waals surface area contributed by atoms with Crippen molar-refractivity contribution in [2.75, 3.05) is 17.9 Å². The Morgan fingerprint density at radius 3 is 2.71 bits per heavy atom. The maximum Gasteiger partial charge on any atom is 0.425 e. The topological polar surface area (TPSA) is 115 Å².